The number of piperazine rings is 1. The number of hydrogen-bond donors (Lipinski definition) is 4. The van der Waals surface area contributed by atoms with Gasteiger partial charge in [-0.25, -0.2) is 18.1 Å². The molecule has 2 aromatic heterocycles. The van der Waals surface area contributed by atoms with Gasteiger partial charge in [-0.2, -0.15) is 0 Å². The second-order valence-electron chi connectivity index (χ2n) is 21.9. The lowest BCUT2D eigenvalue weighted by atomic mass is 9.59. The van der Waals surface area contributed by atoms with Crippen molar-refractivity contribution in [1.82, 2.24) is 24.5 Å². The Labute approximate surface area is 438 Å². The molecule has 2 saturated carbocycles. The van der Waals surface area contributed by atoms with E-state index in [2.05, 4.69) is 91.9 Å². The highest BCUT2D eigenvalue weighted by Gasteiger charge is 2.55. The lowest BCUT2D eigenvalue weighted by molar-refractivity contribution is -0.384. The number of nitrogens with one attached hydrogen (secondary N) is 3. The summed E-state index contributed by atoms with van der Waals surface area (Å²) >= 11 is 0. The molecule has 4 heterocycles. The summed E-state index contributed by atoms with van der Waals surface area (Å²) < 4.78 is 47.6. The van der Waals surface area contributed by atoms with E-state index in [0.717, 1.165) is 99.2 Å². The van der Waals surface area contributed by atoms with Gasteiger partial charge in [0.1, 0.15) is 22.8 Å². The SMILES string of the molecule is COc1cc(CN2CCN(C3CC4(C3)CN(c3ccc(C(=O)NS(=O)(=O)c5ccc(NC[C@H]6CC[C@](C)(O)CC6)c([N+](=O)[O-])c5)c(Oc5cnc6[nH]ccc6c5)c3)C4)[C@H](c3ccccc3C(C)C)C2)cc(C)c1OC. The Balaban J connectivity index is 0.842. The fourth-order valence-electron chi connectivity index (χ4n) is 12.1. The summed E-state index contributed by atoms with van der Waals surface area (Å²) in [4.78, 5) is 40.4. The lowest BCUT2D eigenvalue weighted by Crippen LogP contribution is -2.68. The van der Waals surface area contributed by atoms with Crippen LogP contribution < -0.4 is 29.1 Å². The number of pyridine rings is 1. The van der Waals surface area contributed by atoms with Crippen molar-refractivity contribution in [2.45, 2.75) is 101 Å². The van der Waals surface area contributed by atoms with E-state index in [4.69, 9.17) is 14.2 Å². The van der Waals surface area contributed by atoms with Gasteiger partial charge in [0.25, 0.3) is 21.6 Å². The van der Waals surface area contributed by atoms with Crippen LogP contribution in [0.25, 0.3) is 11.0 Å². The Morgan fingerprint density at radius 3 is 2.48 bits per heavy atom. The number of sulfonamides is 1. The van der Waals surface area contributed by atoms with Gasteiger partial charge < -0.3 is 34.5 Å². The molecule has 4 aliphatic rings. The van der Waals surface area contributed by atoms with Crippen molar-refractivity contribution in [2.75, 3.05) is 63.7 Å². The summed E-state index contributed by atoms with van der Waals surface area (Å²) in [5, 5.41) is 26.5. The minimum absolute atomic E-state index is 0.0391. The van der Waals surface area contributed by atoms with Gasteiger partial charge in [-0.15, -0.1) is 0 Å². The van der Waals surface area contributed by atoms with Crippen molar-refractivity contribution in [3.05, 3.63) is 135 Å². The second-order valence-corrected chi connectivity index (χ2v) is 23.6. The molecule has 10 rings (SSSR count). The van der Waals surface area contributed by atoms with Crippen molar-refractivity contribution in [3.8, 4) is 23.0 Å². The number of nitro benzene ring substituents is 1. The maximum Gasteiger partial charge on any atom is 0.293 e. The maximum atomic E-state index is 14.1. The summed E-state index contributed by atoms with van der Waals surface area (Å²) in [6.07, 6.45) is 8.19. The van der Waals surface area contributed by atoms with Crippen molar-refractivity contribution in [3.63, 3.8) is 0 Å². The third-order valence-corrected chi connectivity index (χ3v) is 17.4. The van der Waals surface area contributed by atoms with Crippen molar-refractivity contribution in [1.29, 1.82) is 0 Å². The Bertz CT molecular complexity index is 3210. The standard InChI is InChI=1S/C57H68N8O9S/c1-36(2)45-9-7-8-10-46(45)50-33-62(32-39-23-37(3)53(73-6)52(24-39)72-5)21-22-64(50)42-28-57(29-42)34-63(35-57)41-11-13-47(51(26-41)74-43-25-40-17-20-58-54(40)60-31-43)55(66)61-75(70,71)44-12-14-48(49(27-44)65(68)69)59-30-38-15-18-56(4,67)19-16-38/h7-14,17,20,23-27,31,36,38,42,50,59,67H,15-16,18-19,21-22,28-30,32-35H2,1-6H3,(H,58,60)(H,61,66)/t38-,50-,56-/m0/s1. The molecule has 396 valence electrons. The number of benzene rings is 4. The van der Waals surface area contributed by atoms with Crippen LogP contribution in [0.5, 0.6) is 23.0 Å². The van der Waals surface area contributed by atoms with Crippen LogP contribution >= 0.6 is 0 Å². The average molecular weight is 1040 g/mol. The zero-order valence-electron chi connectivity index (χ0n) is 43.6. The summed E-state index contributed by atoms with van der Waals surface area (Å²) in [5.74, 6) is 1.61. The van der Waals surface area contributed by atoms with Crippen LogP contribution in [0.15, 0.2) is 102 Å². The molecule has 75 heavy (non-hydrogen) atoms. The number of aliphatic hydroxyl groups is 1. The van der Waals surface area contributed by atoms with E-state index in [1.54, 1.807) is 38.6 Å². The van der Waals surface area contributed by atoms with Crippen LogP contribution in [0.3, 0.4) is 0 Å². The highest BCUT2D eigenvalue weighted by Crippen LogP contribution is 2.54. The van der Waals surface area contributed by atoms with Crippen molar-refractivity contribution in [2.24, 2.45) is 11.3 Å². The third kappa shape index (κ3) is 10.9. The number of fused-ring (bicyclic) bond motifs is 1. The molecule has 4 aromatic carbocycles. The van der Waals surface area contributed by atoms with Crippen LogP contribution in [0.4, 0.5) is 17.1 Å². The molecule has 1 spiro atoms. The number of nitrogens with zero attached hydrogens (tertiary/aromatic N) is 5. The summed E-state index contributed by atoms with van der Waals surface area (Å²) in [7, 11) is -1.24. The number of methoxy groups -OCH3 is 2. The van der Waals surface area contributed by atoms with E-state index in [1.807, 2.05) is 19.1 Å². The number of anilines is 2. The molecule has 17 nitrogen and oxygen atoms in total. The first-order valence-electron chi connectivity index (χ1n) is 26.0. The molecule has 1 amide bonds. The number of rotatable bonds is 17. The highest BCUT2D eigenvalue weighted by molar-refractivity contribution is 7.90. The molecule has 0 bridgehead atoms. The third-order valence-electron chi connectivity index (χ3n) is 16.1. The molecular weight excluding hydrogens is 973 g/mol. The van der Waals surface area contributed by atoms with Crippen LogP contribution in [0.2, 0.25) is 0 Å². The first-order valence-corrected chi connectivity index (χ1v) is 27.5. The van der Waals surface area contributed by atoms with Crippen LogP contribution in [0, 0.1) is 28.4 Å². The minimum Gasteiger partial charge on any atom is -0.493 e. The number of ether oxygens (including phenoxy) is 3. The molecule has 6 aromatic rings. The monoisotopic (exact) mass is 1040 g/mol. The van der Waals surface area contributed by atoms with E-state index in [-0.39, 0.29) is 34.4 Å². The predicted octanol–water partition coefficient (Wildman–Crippen LogP) is 9.71. The van der Waals surface area contributed by atoms with E-state index in [0.29, 0.717) is 42.7 Å². The van der Waals surface area contributed by atoms with Gasteiger partial charge >= 0.3 is 0 Å². The van der Waals surface area contributed by atoms with Crippen LogP contribution in [-0.4, -0.2) is 109 Å². The van der Waals surface area contributed by atoms with Crippen molar-refractivity contribution >= 4 is 44.0 Å². The number of hydrogen-bond acceptors (Lipinski definition) is 14. The molecule has 18 heteroatoms. The van der Waals surface area contributed by atoms with Crippen LogP contribution in [0.1, 0.15) is 104 Å². The number of amides is 1. The van der Waals surface area contributed by atoms with Gasteiger partial charge in [-0.1, -0.05) is 44.2 Å². The summed E-state index contributed by atoms with van der Waals surface area (Å²) in [5.41, 5.74) is 5.61. The fourth-order valence-corrected chi connectivity index (χ4v) is 13.0. The molecule has 0 radical (unpaired) electrons. The van der Waals surface area contributed by atoms with Crippen molar-refractivity contribution < 1.29 is 37.5 Å². The topological polar surface area (TPSA) is 205 Å². The Kier molecular flexibility index (Phi) is 14.3. The van der Waals surface area contributed by atoms with Crippen LogP contribution in [-0.2, 0) is 16.6 Å². The van der Waals surface area contributed by atoms with Gasteiger partial charge in [0, 0.05) is 92.7 Å². The minimum atomic E-state index is -4.60. The molecule has 4 N–H and O–H groups in total. The van der Waals surface area contributed by atoms with E-state index < -0.39 is 37.0 Å². The fraction of sp³-hybridized carbons (Fsp3) is 0.439. The Morgan fingerprint density at radius 2 is 1.75 bits per heavy atom. The molecular formula is C57H68N8O9S. The normalized spacial score (nSPS) is 21.1. The summed E-state index contributed by atoms with van der Waals surface area (Å²) in [6, 6.07) is 26.2. The van der Waals surface area contributed by atoms with E-state index in [1.165, 1.54) is 35.0 Å². The quantitative estimate of drug-likeness (QED) is 0.0496. The maximum absolute atomic E-state index is 14.1. The number of aromatic nitrogens is 2. The van der Waals surface area contributed by atoms with E-state index >= 15 is 0 Å². The van der Waals surface area contributed by atoms with Gasteiger partial charge in [0.05, 0.1) is 41.4 Å². The Hall–Kier alpha value is -6.73. The molecule has 4 fully saturated rings. The molecule has 1 atom stereocenters. The zero-order valence-corrected chi connectivity index (χ0v) is 44.4. The zero-order chi connectivity index (χ0) is 52.8. The number of carbonyl (C=O) groups excluding carboxylic acids is 1. The number of H-pyrrole nitrogens is 1. The largest absolute Gasteiger partial charge is 0.493 e. The van der Waals surface area contributed by atoms with Gasteiger partial charge in [0.15, 0.2) is 11.5 Å². The number of nitro groups is 1. The number of carbonyl (C=O) groups is 1. The second kappa shape index (κ2) is 20.8. The number of aromatic amines is 1. The summed E-state index contributed by atoms with van der Waals surface area (Å²) in [6.45, 7) is 14.1. The number of aryl methyl sites for hydroxylation is 1. The Morgan fingerprint density at radius 1 is 0.973 bits per heavy atom. The average Bonchev–Trinajstić information content (AvgIpc) is 3.83. The lowest BCUT2D eigenvalue weighted by Gasteiger charge is -2.63. The van der Waals surface area contributed by atoms with Gasteiger partial charge in [0.2, 0.25) is 0 Å². The smallest absolute Gasteiger partial charge is 0.293 e. The van der Waals surface area contributed by atoms with Gasteiger partial charge in [-0.3, -0.25) is 24.7 Å². The highest BCUT2D eigenvalue weighted by atomic mass is 32.2. The van der Waals surface area contributed by atoms with Gasteiger partial charge in [-0.05, 0) is 129 Å². The molecule has 2 saturated heterocycles. The first kappa shape index (κ1) is 51.7. The predicted molar refractivity (Wildman–Crippen MR) is 289 cm³/mol. The molecule has 0 unspecified atom stereocenters. The first-order chi connectivity index (χ1) is 35.9. The molecule has 2 aliphatic heterocycles. The molecule has 2 aliphatic carbocycles. The van der Waals surface area contributed by atoms with E-state index in [9.17, 15) is 28.4 Å².